The molecule has 0 aliphatic heterocycles. The number of aryl methyl sites for hydroxylation is 1. The van der Waals surface area contributed by atoms with Gasteiger partial charge in [0.2, 0.25) is 11.8 Å². The van der Waals surface area contributed by atoms with Gasteiger partial charge in [-0.15, -0.1) is 0 Å². The SMILES string of the molecule is CC[C@@H](C)NC(=O)[C@@H](C)N(Cc1c(Cl)cccc1Cl)C(=O)CN(c1ccccc1F)S(=O)(=O)c1ccc(C)cc1. The molecule has 0 spiro atoms. The second-order valence-corrected chi connectivity index (χ2v) is 12.2. The van der Waals surface area contributed by atoms with Gasteiger partial charge in [-0.1, -0.05) is 66.0 Å². The van der Waals surface area contributed by atoms with Crippen molar-refractivity contribution in [2.24, 2.45) is 0 Å². The Bertz CT molecular complexity index is 1450. The molecule has 0 aromatic heterocycles. The predicted octanol–water partition coefficient (Wildman–Crippen LogP) is 5.97. The first-order valence-electron chi connectivity index (χ1n) is 12.7. The van der Waals surface area contributed by atoms with Gasteiger partial charge in [-0.05, 0) is 63.6 Å². The van der Waals surface area contributed by atoms with Crippen molar-refractivity contribution < 1.29 is 22.4 Å². The Hall–Kier alpha value is -3.14. The van der Waals surface area contributed by atoms with Crippen LogP contribution in [0.4, 0.5) is 10.1 Å². The van der Waals surface area contributed by atoms with Gasteiger partial charge in [0.05, 0.1) is 10.6 Å². The van der Waals surface area contributed by atoms with E-state index in [9.17, 15) is 22.4 Å². The number of benzene rings is 3. The van der Waals surface area contributed by atoms with E-state index in [2.05, 4.69) is 5.32 Å². The molecular formula is C29H32Cl2FN3O4S. The number of carbonyl (C=O) groups excluding carboxylic acids is 2. The molecule has 0 aliphatic rings. The van der Waals surface area contributed by atoms with Gasteiger partial charge < -0.3 is 10.2 Å². The second-order valence-electron chi connectivity index (χ2n) is 9.49. The molecule has 0 heterocycles. The molecule has 0 bridgehead atoms. The number of halogens is 3. The minimum Gasteiger partial charge on any atom is -0.352 e. The molecule has 2 atom stereocenters. The minimum atomic E-state index is -4.39. The number of amides is 2. The summed E-state index contributed by atoms with van der Waals surface area (Å²) in [5, 5.41) is 3.40. The van der Waals surface area contributed by atoms with Crippen LogP contribution >= 0.6 is 23.2 Å². The predicted molar refractivity (Wildman–Crippen MR) is 156 cm³/mol. The van der Waals surface area contributed by atoms with Gasteiger partial charge >= 0.3 is 0 Å². The lowest BCUT2D eigenvalue weighted by molar-refractivity contribution is -0.139. The number of anilines is 1. The molecule has 7 nitrogen and oxygen atoms in total. The van der Waals surface area contributed by atoms with Crippen LogP contribution in [0.5, 0.6) is 0 Å². The van der Waals surface area contributed by atoms with E-state index in [-0.39, 0.29) is 33.2 Å². The molecule has 0 aliphatic carbocycles. The fourth-order valence-corrected chi connectivity index (χ4v) is 5.85. The number of carbonyl (C=O) groups is 2. The third-order valence-corrected chi connectivity index (χ3v) is 9.05. The summed E-state index contributed by atoms with van der Waals surface area (Å²) in [4.78, 5) is 28.1. The average Bonchev–Trinajstić information content (AvgIpc) is 2.91. The Kier molecular flexibility index (Phi) is 10.6. The number of sulfonamides is 1. The summed E-state index contributed by atoms with van der Waals surface area (Å²) in [6, 6.07) is 15.0. The number of hydrogen-bond donors (Lipinski definition) is 1. The smallest absolute Gasteiger partial charge is 0.264 e. The molecule has 3 aromatic carbocycles. The van der Waals surface area contributed by atoms with E-state index in [1.807, 2.05) is 13.8 Å². The largest absolute Gasteiger partial charge is 0.352 e. The van der Waals surface area contributed by atoms with Crippen LogP contribution in [0.1, 0.15) is 38.3 Å². The first-order valence-corrected chi connectivity index (χ1v) is 14.9. The highest BCUT2D eigenvalue weighted by Gasteiger charge is 2.34. The lowest BCUT2D eigenvalue weighted by Gasteiger charge is -2.33. The normalized spacial score (nSPS) is 12.9. The van der Waals surface area contributed by atoms with Crippen molar-refractivity contribution in [2.45, 2.75) is 57.6 Å². The molecule has 11 heteroatoms. The van der Waals surface area contributed by atoms with Crippen molar-refractivity contribution >= 4 is 50.7 Å². The van der Waals surface area contributed by atoms with Crippen LogP contribution in [0.15, 0.2) is 71.6 Å². The number of nitrogens with one attached hydrogen (secondary N) is 1. The number of hydrogen-bond acceptors (Lipinski definition) is 4. The highest BCUT2D eigenvalue weighted by molar-refractivity contribution is 7.92. The zero-order chi connectivity index (χ0) is 29.6. The Morgan fingerprint density at radius 2 is 1.55 bits per heavy atom. The van der Waals surface area contributed by atoms with Crippen molar-refractivity contribution in [2.75, 3.05) is 10.8 Å². The molecule has 2 amide bonds. The van der Waals surface area contributed by atoms with Gasteiger partial charge in [0, 0.05) is 28.2 Å². The van der Waals surface area contributed by atoms with Crippen molar-refractivity contribution in [3.8, 4) is 0 Å². The van der Waals surface area contributed by atoms with Crippen LogP contribution in [0.3, 0.4) is 0 Å². The summed E-state index contributed by atoms with van der Waals surface area (Å²) in [5.41, 5.74) is 0.918. The molecule has 3 aromatic rings. The van der Waals surface area contributed by atoms with Gasteiger partial charge in [0.25, 0.3) is 10.0 Å². The molecule has 40 heavy (non-hydrogen) atoms. The van der Waals surface area contributed by atoms with E-state index < -0.39 is 40.2 Å². The Labute approximate surface area is 244 Å². The summed E-state index contributed by atoms with van der Waals surface area (Å²) >= 11 is 12.8. The molecule has 0 fully saturated rings. The topological polar surface area (TPSA) is 86.8 Å². The fraction of sp³-hybridized carbons (Fsp3) is 0.310. The summed E-state index contributed by atoms with van der Waals surface area (Å²) in [6.07, 6.45) is 0.665. The third-order valence-electron chi connectivity index (χ3n) is 6.57. The van der Waals surface area contributed by atoms with E-state index in [0.717, 1.165) is 15.9 Å². The first-order chi connectivity index (χ1) is 18.9. The summed E-state index contributed by atoms with van der Waals surface area (Å²) in [7, 11) is -4.39. The van der Waals surface area contributed by atoms with Crippen molar-refractivity contribution in [3.63, 3.8) is 0 Å². The standard InChI is InChI=1S/C29H32Cl2FN3O4S/c1-5-20(3)33-29(37)21(4)34(17-23-24(30)9-8-10-25(23)31)28(36)18-35(27-12-7-6-11-26(27)32)40(38,39)22-15-13-19(2)14-16-22/h6-16,20-21H,5,17-18H2,1-4H3,(H,33,37)/t20-,21-/m1/s1. The van der Waals surface area contributed by atoms with E-state index in [1.165, 1.54) is 42.2 Å². The summed E-state index contributed by atoms with van der Waals surface area (Å²) < 4.78 is 43.3. The van der Waals surface area contributed by atoms with Crippen molar-refractivity contribution in [1.29, 1.82) is 0 Å². The van der Waals surface area contributed by atoms with Gasteiger partial charge in [-0.2, -0.15) is 0 Å². The van der Waals surface area contributed by atoms with Crippen LogP contribution < -0.4 is 9.62 Å². The maximum absolute atomic E-state index is 15.0. The highest BCUT2D eigenvalue weighted by Crippen LogP contribution is 2.29. The third kappa shape index (κ3) is 7.33. The highest BCUT2D eigenvalue weighted by atomic mass is 35.5. The summed E-state index contributed by atoms with van der Waals surface area (Å²) in [6.45, 7) is 6.11. The van der Waals surface area contributed by atoms with Crippen LogP contribution in [0.2, 0.25) is 10.0 Å². The molecule has 0 saturated heterocycles. The van der Waals surface area contributed by atoms with Gasteiger partial charge in [-0.3, -0.25) is 13.9 Å². The summed E-state index contributed by atoms with van der Waals surface area (Å²) in [5.74, 6) is -2.01. The van der Waals surface area contributed by atoms with E-state index in [0.29, 0.717) is 12.0 Å². The number of nitrogens with zero attached hydrogens (tertiary/aromatic N) is 2. The van der Waals surface area contributed by atoms with E-state index >= 15 is 0 Å². The van der Waals surface area contributed by atoms with Gasteiger partial charge in [0.15, 0.2) is 0 Å². The van der Waals surface area contributed by atoms with Crippen LogP contribution in [-0.4, -0.2) is 43.8 Å². The van der Waals surface area contributed by atoms with E-state index in [1.54, 1.807) is 37.3 Å². The van der Waals surface area contributed by atoms with Gasteiger partial charge in [-0.25, -0.2) is 12.8 Å². The minimum absolute atomic E-state index is 0.114. The second kappa shape index (κ2) is 13.5. The number of rotatable bonds is 11. The molecule has 0 unspecified atom stereocenters. The van der Waals surface area contributed by atoms with Crippen molar-refractivity contribution in [1.82, 2.24) is 10.2 Å². The van der Waals surface area contributed by atoms with Crippen LogP contribution in [0.25, 0.3) is 0 Å². The van der Waals surface area contributed by atoms with Crippen molar-refractivity contribution in [3.05, 3.63) is 93.7 Å². The monoisotopic (exact) mass is 607 g/mol. The number of para-hydroxylation sites is 1. The fourth-order valence-electron chi connectivity index (χ4n) is 3.91. The molecule has 0 radical (unpaired) electrons. The Morgan fingerprint density at radius 1 is 0.950 bits per heavy atom. The van der Waals surface area contributed by atoms with Gasteiger partial charge in [0.1, 0.15) is 18.4 Å². The molecule has 0 saturated carbocycles. The first kappa shape index (κ1) is 31.4. The van der Waals surface area contributed by atoms with Crippen LogP contribution in [-0.2, 0) is 26.2 Å². The Balaban J connectivity index is 2.08. The maximum Gasteiger partial charge on any atom is 0.264 e. The van der Waals surface area contributed by atoms with E-state index in [4.69, 9.17) is 23.2 Å². The zero-order valence-corrected chi connectivity index (χ0v) is 25.0. The maximum atomic E-state index is 15.0. The Morgan fingerprint density at radius 3 is 2.12 bits per heavy atom. The molecule has 214 valence electrons. The molecule has 3 rings (SSSR count). The molecular weight excluding hydrogens is 576 g/mol. The lowest BCUT2D eigenvalue weighted by Crippen LogP contribution is -2.52. The zero-order valence-electron chi connectivity index (χ0n) is 22.7. The van der Waals surface area contributed by atoms with Crippen LogP contribution in [0, 0.1) is 12.7 Å². The molecule has 1 N–H and O–H groups in total. The average molecular weight is 609 g/mol. The lowest BCUT2D eigenvalue weighted by atomic mass is 10.1. The quantitative estimate of drug-likeness (QED) is 0.291.